The van der Waals surface area contributed by atoms with Crippen LogP contribution >= 0.6 is 33.9 Å². The Hall–Kier alpha value is -2.37. The first kappa shape index (κ1) is 25.7. The highest BCUT2D eigenvalue weighted by Crippen LogP contribution is 2.45. The zero-order valence-electron chi connectivity index (χ0n) is 20.7. The smallest absolute Gasteiger partial charge is 0.175 e. The molecule has 6 heteroatoms. The maximum atomic E-state index is 9.88. The number of nitrogens with zero attached hydrogens (tertiary/aromatic N) is 2. The van der Waals surface area contributed by atoms with Crippen molar-refractivity contribution in [3.05, 3.63) is 73.2 Å². The maximum Gasteiger partial charge on any atom is 0.175 e. The second-order valence-corrected chi connectivity index (χ2v) is 12.1. The van der Waals surface area contributed by atoms with Crippen LogP contribution in [0.1, 0.15) is 61.2 Å². The fourth-order valence-corrected chi connectivity index (χ4v) is 6.45. The van der Waals surface area contributed by atoms with E-state index in [2.05, 4.69) is 49.4 Å². The SMILES string of the molecule is CCOc1cc(C=Nc2sc3c(c2C#N)CC[C@H](C(C)(C)C)C3)cc(I)c1OCc1ccccc1. The van der Waals surface area contributed by atoms with Crippen LogP contribution in [0, 0.1) is 26.2 Å². The minimum absolute atomic E-state index is 0.272. The fraction of sp³-hybridized carbons (Fsp3) is 0.379. The summed E-state index contributed by atoms with van der Waals surface area (Å²) >= 11 is 3.96. The molecule has 3 aromatic rings. The second-order valence-electron chi connectivity index (χ2n) is 9.90. The molecular weight excluding hydrogens is 567 g/mol. The molecule has 0 saturated heterocycles. The van der Waals surface area contributed by atoms with Crippen molar-refractivity contribution >= 4 is 45.1 Å². The monoisotopic (exact) mass is 598 g/mol. The molecule has 0 N–H and O–H groups in total. The van der Waals surface area contributed by atoms with E-state index < -0.39 is 0 Å². The fourth-order valence-electron chi connectivity index (χ4n) is 4.45. The second kappa shape index (κ2) is 11.1. The molecule has 4 rings (SSSR count). The molecule has 0 amide bonds. The van der Waals surface area contributed by atoms with Crippen LogP contribution in [0.2, 0.25) is 0 Å². The third kappa shape index (κ3) is 6.07. The highest BCUT2D eigenvalue weighted by atomic mass is 127. The molecule has 0 bridgehead atoms. The Morgan fingerprint density at radius 3 is 2.66 bits per heavy atom. The molecule has 0 radical (unpaired) electrons. The number of ether oxygens (including phenoxy) is 2. The Bertz CT molecular complexity index is 1250. The van der Waals surface area contributed by atoms with Gasteiger partial charge in [0, 0.05) is 11.1 Å². The van der Waals surface area contributed by atoms with Crippen LogP contribution in [0.5, 0.6) is 11.5 Å². The summed E-state index contributed by atoms with van der Waals surface area (Å²) in [5.74, 6) is 2.08. The molecule has 0 saturated carbocycles. The molecule has 0 fully saturated rings. The summed E-state index contributed by atoms with van der Waals surface area (Å²) < 4.78 is 13.0. The first-order chi connectivity index (χ1) is 16.8. The van der Waals surface area contributed by atoms with Crippen LogP contribution in [0.15, 0.2) is 47.5 Å². The van der Waals surface area contributed by atoms with Crippen molar-refractivity contribution in [2.45, 2.75) is 53.6 Å². The lowest BCUT2D eigenvalue weighted by atomic mass is 9.72. The summed E-state index contributed by atoms with van der Waals surface area (Å²) in [6, 6.07) is 16.5. The molecule has 0 unspecified atom stereocenters. The van der Waals surface area contributed by atoms with Gasteiger partial charge >= 0.3 is 0 Å². The van der Waals surface area contributed by atoms with E-state index >= 15 is 0 Å². The number of halogens is 1. The molecule has 1 heterocycles. The number of aliphatic imine (C=N–C) groups is 1. The Morgan fingerprint density at radius 1 is 1.20 bits per heavy atom. The average Bonchev–Trinajstić information content (AvgIpc) is 3.19. The Balaban J connectivity index is 1.58. The van der Waals surface area contributed by atoms with Gasteiger partial charge < -0.3 is 9.47 Å². The largest absolute Gasteiger partial charge is 0.490 e. The zero-order valence-corrected chi connectivity index (χ0v) is 23.7. The van der Waals surface area contributed by atoms with E-state index in [0.29, 0.717) is 24.9 Å². The van der Waals surface area contributed by atoms with Gasteiger partial charge in [-0.25, -0.2) is 4.99 Å². The number of hydrogen-bond acceptors (Lipinski definition) is 5. The minimum atomic E-state index is 0.272. The first-order valence-corrected chi connectivity index (χ1v) is 13.9. The average molecular weight is 599 g/mol. The van der Waals surface area contributed by atoms with Crippen molar-refractivity contribution in [1.82, 2.24) is 0 Å². The van der Waals surface area contributed by atoms with Crippen LogP contribution in [0.25, 0.3) is 0 Å². The third-order valence-corrected chi connectivity index (χ3v) is 8.44. The number of thiophene rings is 1. The maximum absolute atomic E-state index is 9.88. The molecule has 1 atom stereocenters. The molecule has 1 aromatic heterocycles. The highest BCUT2D eigenvalue weighted by molar-refractivity contribution is 14.1. The van der Waals surface area contributed by atoms with Gasteiger partial charge in [0.2, 0.25) is 0 Å². The van der Waals surface area contributed by atoms with E-state index in [4.69, 9.17) is 14.5 Å². The van der Waals surface area contributed by atoms with E-state index in [1.807, 2.05) is 55.6 Å². The lowest BCUT2D eigenvalue weighted by Gasteiger charge is -2.33. The predicted molar refractivity (Wildman–Crippen MR) is 152 cm³/mol. The summed E-state index contributed by atoms with van der Waals surface area (Å²) in [7, 11) is 0. The van der Waals surface area contributed by atoms with Crippen molar-refractivity contribution in [1.29, 1.82) is 5.26 Å². The molecule has 2 aromatic carbocycles. The summed E-state index contributed by atoms with van der Waals surface area (Å²) in [4.78, 5) is 6.10. The van der Waals surface area contributed by atoms with Gasteiger partial charge in [-0.2, -0.15) is 5.26 Å². The quantitative estimate of drug-likeness (QED) is 0.204. The normalized spacial score (nSPS) is 15.6. The van der Waals surface area contributed by atoms with E-state index in [1.54, 1.807) is 11.3 Å². The van der Waals surface area contributed by atoms with Gasteiger partial charge in [-0.15, -0.1) is 11.3 Å². The Morgan fingerprint density at radius 2 is 1.97 bits per heavy atom. The van der Waals surface area contributed by atoms with Crippen molar-refractivity contribution < 1.29 is 9.47 Å². The molecule has 4 nitrogen and oxygen atoms in total. The standard InChI is InChI=1S/C29H31IN2O2S/c1-5-33-25-14-20(13-24(30)27(25)34-18-19-9-7-6-8-10-19)17-32-28-23(16-31)22-12-11-21(29(2,3)4)15-26(22)35-28/h6-10,13-14,17,21H,5,11-12,15,18H2,1-4H3/t21-/m0/s1. The van der Waals surface area contributed by atoms with Gasteiger partial charge in [0.15, 0.2) is 11.5 Å². The third-order valence-electron chi connectivity index (χ3n) is 6.47. The minimum Gasteiger partial charge on any atom is -0.490 e. The van der Waals surface area contributed by atoms with Crippen molar-refractivity contribution in [3.8, 4) is 17.6 Å². The van der Waals surface area contributed by atoms with Gasteiger partial charge in [-0.05, 0) is 88.9 Å². The van der Waals surface area contributed by atoms with Crippen LogP contribution in [0.3, 0.4) is 0 Å². The van der Waals surface area contributed by atoms with Crippen LogP contribution in [-0.2, 0) is 19.4 Å². The van der Waals surface area contributed by atoms with E-state index in [0.717, 1.165) is 50.3 Å². The number of fused-ring (bicyclic) bond motifs is 1. The van der Waals surface area contributed by atoms with Crippen molar-refractivity contribution in [3.63, 3.8) is 0 Å². The van der Waals surface area contributed by atoms with Crippen LogP contribution in [0.4, 0.5) is 5.00 Å². The number of benzene rings is 2. The zero-order chi connectivity index (χ0) is 25.0. The topological polar surface area (TPSA) is 54.6 Å². The van der Waals surface area contributed by atoms with Gasteiger partial charge in [0.1, 0.15) is 17.7 Å². The number of hydrogen-bond donors (Lipinski definition) is 0. The molecule has 1 aliphatic carbocycles. The van der Waals surface area contributed by atoms with Gasteiger partial charge in [-0.3, -0.25) is 0 Å². The van der Waals surface area contributed by atoms with Crippen LogP contribution < -0.4 is 9.47 Å². The van der Waals surface area contributed by atoms with Gasteiger partial charge in [0.25, 0.3) is 0 Å². The molecule has 182 valence electrons. The predicted octanol–water partition coefficient (Wildman–Crippen LogP) is 8.10. The Kier molecular flexibility index (Phi) is 8.18. The van der Waals surface area contributed by atoms with Gasteiger partial charge in [-0.1, -0.05) is 51.1 Å². The van der Waals surface area contributed by atoms with Gasteiger partial charge in [0.05, 0.1) is 15.7 Å². The lowest BCUT2D eigenvalue weighted by Crippen LogP contribution is -2.26. The first-order valence-electron chi connectivity index (χ1n) is 12.0. The summed E-state index contributed by atoms with van der Waals surface area (Å²) in [6.07, 6.45) is 4.97. The van der Waals surface area contributed by atoms with E-state index in [-0.39, 0.29) is 5.41 Å². The van der Waals surface area contributed by atoms with Crippen molar-refractivity contribution in [2.75, 3.05) is 6.61 Å². The summed E-state index contributed by atoms with van der Waals surface area (Å²) in [5, 5.41) is 10.7. The highest BCUT2D eigenvalue weighted by Gasteiger charge is 2.32. The lowest BCUT2D eigenvalue weighted by molar-refractivity contribution is 0.218. The number of nitriles is 1. The molecule has 1 aliphatic rings. The summed E-state index contributed by atoms with van der Waals surface area (Å²) in [6.45, 7) is 9.92. The van der Waals surface area contributed by atoms with Crippen LogP contribution in [-0.4, -0.2) is 12.8 Å². The number of rotatable bonds is 7. The summed E-state index contributed by atoms with van der Waals surface area (Å²) in [5.41, 5.74) is 4.26. The molecule has 0 aliphatic heterocycles. The molecule has 0 spiro atoms. The Labute approximate surface area is 226 Å². The van der Waals surface area contributed by atoms with Crippen molar-refractivity contribution in [2.24, 2.45) is 16.3 Å². The molecular formula is C29H31IN2O2S. The van der Waals surface area contributed by atoms with E-state index in [1.165, 1.54) is 10.4 Å². The molecule has 35 heavy (non-hydrogen) atoms. The van der Waals surface area contributed by atoms with E-state index in [9.17, 15) is 5.26 Å².